The number of carbonyl (C=O) groups is 2. The summed E-state index contributed by atoms with van der Waals surface area (Å²) < 4.78 is 0. The maximum Gasteiger partial charge on any atom is 0.237 e. The lowest BCUT2D eigenvalue weighted by Gasteiger charge is -2.36. The third-order valence-electron chi connectivity index (χ3n) is 6.18. The minimum absolute atomic E-state index is 0.0282. The van der Waals surface area contributed by atoms with E-state index < -0.39 is 0 Å². The lowest BCUT2D eigenvalue weighted by molar-refractivity contribution is -0.144. The molecule has 2 amide bonds. The number of imide groups is 1. The molecular weight excluding hydrogens is 350 g/mol. The first-order valence-electron chi connectivity index (χ1n) is 9.60. The van der Waals surface area contributed by atoms with Crippen LogP contribution in [-0.4, -0.2) is 59.4 Å². The number of hydrogen-bond donors (Lipinski definition) is 0. The van der Waals surface area contributed by atoms with Gasteiger partial charge in [-0.2, -0.15) is 0 Å². The van der Waals surface area contributed by atoms with Gasteiger partial charge in [-0.25, -0.2) is 0 Å². The van der Waals surface area contributed by atoms with Crippen LogP contribution in [0.25, 0.3) is 0 Å². The Hall–Kier alpha value is -1.43. The molecule has 5 nitrogen and oxygen atoms in total. The minimum atomic E-state index is -0.354. The zero-order valence-electron chi connectivity index (χ0n) is 15.1. The molecule has 1 spiro atoms. The van der Waals surface area contributed by atoms with Crippen molar-refractivity contribution >= 4 is 23.4 Å². The summed E-state index contributed by atoms with van der Waals surface area (Å²) in [5.74, 6) is 0.115. The lowest BCUT2D eigenvalue weighted by atomic mass is 9.85. The van der Waals surface area contributed by atoms with Gasteiger partial charge in [0.1, 0.15) is 0 Å². The Kier molecular flexibility index (Phi) is 5.04. The summed E-state index contributed by atoms with van der Waals surface area (Å²) in [6, 6.07) is 7.99. The Morgan fingerprint density at radius 2 is 1.54 bits per heavy atom. The highest BCUT2D eigenvalue weighted by Crippen LogP contribution is 2.46. The molecule has 0 N–H and O–H groups in total. The highest BCUT2D eigenvalue weighted by molar-refractivity contribution is 6.30. The second-order valence-electron chi connectivity index (χ2n) is 7.95. The fourth-order valence-corrected chi connectivity index (χ4v) is 4.71. The monoisotopic (exact) mass is 375 g/mol. The first-order chi connectivity index (χ1) is 12.6. The van der Waals surface area contributed by atoms with E-state index in [1.54, 1.807) is 0 Å². The van der Waals surface area contributed by atoms with Crippen molar-refractivity contribution in [1.29, 1.82) is 0 Å². The Bertz CT molecular complexity index is 677. The van der Waals surface area contributed by atoms with Gasteiger partial charge in [-0.3, -0.25) is 24.3 Å². The standard InChI is InChI=1S/C20H26ClN3O2/c21-17-5-3-16(4-6-17)14-22-9-11-23(12-10-22)15-24-18(25)13-20(19(24)26)7-1-2-8-20/h3-6H,1-2,7-15H2. The van der Waals surface area contributed by atoms with Gasteiger partial charge in [0.2, 0.25) is 11.8 Å². The normalized spacial score (nSPS) is 24.1. The van der Waals surface area contributed by atoms with Crippen LogP contribution >= 0.6 is 11.6 Å². The molecule has 3 fully saturated rings. The van der Waals surface area contributed by atoms with E-state index in [9.17, 15) is 9.59 Å². The van der Waals surface area contributed by atoms with Gasteiger partial charge >= 0.3 is 0 Å². The predicted octanol–water partition coefficient (Wildman–Crippen LogP) is 2.73. The second-order valence-corrected chi connectivity index (χ2v) is 8.39. The van der Waals surface area contributed by atoms with Crippen molar-refractivity contribution in [1.82, 2.24) is 14.7 Å². The lowest BCUT2D eigenvalue weighted by Crippen LogP contribution is -2.51. The van der Waals surface area contributed by atoms with Crippen molar-refractivity contribution in [2.45, 2.75) is 38.6 Å². The molecule has 1 aliphatic carbocycles. The van der Waals surface area contributed by atoms with Crippen LogP contribution < -0.4 is 0 Å². The maximum atomic E-state index is 12.8. The van der Waals surface area contributed by atoms with Crippen LogP contribution in [0.2, 0.25) is 5.02 Å². The largest absolute Gasteiger partial charge is 0.297 e. The van der Waals surface area contributed by atoms with Gasteiger partial charge in [0.15, 0.2) is 0 Å². The molecule has 0 bridgehead atoms. The Morgan fingerprint density at radius 1 is 0.923 bits per heavy atom. The van der Waals surface area contributed by atoms with Crippen LogP contribution in [0, 0.1) is 5.41 Å². The van der Waals surface area contributed by atoms with Gasteiger partial charge < -0.3 is 0 Å². The average Bonchev–Trinajstić information content (AvgIpc) is 3.19. The highest BCUT2D eigenvalue weighted by atomic mass is 35.5. The minimum Gasteiger partial charge on any atom is -0.297 e. The summed E-state index contributed by atoms with van der Waals surface area (Å²) in [4.78, 5) is 31.4. The first kappa shape index (κ1) is 18.0. The molecule has 2 saturated heterocycles. The van der Waals surface area contributed by atoms with E-state index in [0.717, 1.165) is 63.4 Å². The Morgan fingerprint density at radius 3 is 2.19 bits per heavy atom. The number of nitrogens with zero attached hydrogens (tertiary/aromatic N) is 3. The number of rotatable bonds is 4. The van der Waals surface area contributed by atoms with E-state index in [1.807, 2.05) is 12.1 Å². The van der Waals surface area contributed by atoms with E-state index in [2.05, 4.69) is 21.9 Å². The number of halogens is 1. The number of carbonyl (C=O) groups excluding carboxylic acids is 2. The third-order valence-corrected chi connectivity index (χ3v) is 6.43. The van der Waals surface area contributed by atoms with Gasteiger partial charge in [-0.1, -0.05) is 36.6 Å². The Balaban J connectivity index is 1.29. The van der Waals surface area contributed by atoms with Crippen LogP contribution in [0.4, 0.5) is 0 Å². The molecule has 140 valence electrons. The molecule has 2 aliphatic heterocycles. The predicted molar refractivity (Wildman–Crippen MR) is 101 cm³/mol. The van der Waals surface area contributed by atoms with Crippen molar-refractivity contribution in [2.75, 3.05) is 32.8 Å². The quantitative estimate of drug-likeness (QED) is 0.759. The van der Waals surface area contributed by atoms with Crippen molar-refractivity contribution in [2.24, 2.45) is 5.41 Å². The smallest absolute Gasteiger partial charge is 0.237 e. The van der Waals surface area contributed by atoms with Crippen LogP contribution in [-0.2, 0) is 16.1 Å². The average molecular weight is 376 g/mol. The topological polar surface area (TPSA) is 43.9 Å². The van der Waals surface area contributed by atoms with Gasteiger partial charge in [-0.15, -0.1) is 0 Å². The van der Waals surface area contributed by atoms with Crippen molar-refractivity contribution in [3.63, 3.8) is 0 Å². The summed E-state index contributed by atoms with van der Waals surface area (Å²) in [6.07, 6.45) is 4.38. The summed E-state index contributed by atoms with van der Waals surface area (Å²) in [6.45, 7) is 5.05. The molecule has 1 saturated carbocycles. The molecule has 26 heavy (non-hydrogen) atoms. The third kappa shape index (κ3) is 3.53. The van der Waals surface area contributed by atoms with Crippen LogP contribution in [0.15, 0.2) is 24.3 Å². The van der Waals surface area contributed by atoms with Gasteiger partial charge in [0, 0.05) is 44.2 Å². The zero-order valence-corrected chi connectivity index (χ0v) is 15.9. The molecule has 0 atom stereocenters. The Labute approximate surface area is 159 Å². The molecule has 0 aromatic heterocycles. The van der Waals surface area contributed by atoms with Crippen LogP contribution in [0.1, 0.15) is 37.7 Å². The highest BCUT2D eigenvalue weighted by Gasteiger charge is 2.52. The van der Waals surface area contributed by atoms with E-state index in [1.165, 1.54) is 10.5 Å². The maximum absolute atomic E-state index is 12.8. The number of hydrogen-bond acceptors (Lipinski definition) is 4. The zero-order chi connectivity index (χ0) is 18.1. The van der Waals surface area contributed by atoms with Crippen LogP contribution in [0.5, 0.6) is 0 Å². The number of likely N-dealkylation sites (tertiary alicyclic amines) is 1. The molecule has 1 aromatic carbocycles. The molecule has 4 rings (SSSR count). The SMILES string of the molecule is O=C1CC2(CCCC2)C(=O)N1CN1CCN(Cc2ccc(Cl)cc2)CC1. The summed E-state index contributed by atoms with van der Waals surface area (Å²) >= 11 is 5.94. The van der Waals surface area contributed by atoms with Crippen molar-refractivity contribution in [3.05, 3.63) is 34.9 Å². The van der Waals surface area contributed by atoms with E-state index in [-0.39, 0.29) is 17.2 Å². The van der Waals surface area contributed by atoms with Gasteiger partial charge in [0.05, 0.1) is 12.1 Å². The molecule has 2 heterocycles. The number of piperazine rings is 1. The fraction of sp³-hybridized carbons (Fsp3) is 0.600. The van der Waals surface area contributed by atoms with E-state index in [0.29, 0.717) is 13.1 Å². The first-order valence-corrected chi connectivity index (χ1v) is 9.98. The fourth-order valence-electron chi connectivity index (χ4n) is 4.58. The number of benzene rings is 1. The molecule has 0 unspecified atom stereocenters. The number of amides is 2. The van der Waals surface area contributed by atoms with Crippen LogP contribution in [0.3, 0.4) is 0 Å². The van der Waals surface area contributed by atoms with Gasteiger partial charge in [0.25, 0.3) is 0 Å². The summed E-state index contributed by atoms with van der Waals surface area (Å²) in [5, 5.41) is 0.763. The summed E-state index contributed by atoms with van der Waals surface area (Å²) in [5.41, 5.74) is 0.906. The molecule has 3 aliphatic rings. The molecule has 0 radical (unpaired) electrons. The van der Waals surface area contributed by atoms with Crippen molar-refractivity contribution in [3.8, 4) is 0 Å². The molecule has 6 heteroatoms. The van der Waals surface area contributed by atoms with E-state index in [4.69, 9.17) is 11.6 Å². The van der Waals surface area contributed by atoms with Crippen molar-refractivity contribution < 1.29 is 9.59 Å². The summed E-state index contributed by atoms with van der Waals surface area (Å²) in [7, 11) is 0. The van der Waals surface area contributed by atoms with E-state index >= 15 is 0 Å². The second kappa shape index (κ2) is 7.29. The molecular formula is C20H26ClN3O2. The van der Waals surface area contributed by atoms with Gasteiger partial charge in [-0.05, 0) is 30.5 Å². The molecule has 1 aromatic rings.